The first kappa shape index (κ1) is 17.9. The van der Waals surface area contributed by atoms with E-state index in [4.69, 9.17) is 0 Å². The second-order valence-corrected chi connectivity index (χ2v) is 8.48. The van der Waals surface area contributed by atoms with Crippen molar-refractivity contribution < 1.29 is 13.2 Å². The Morgan fingerprint density at radius 1 is 1.13 bits per heavy atom. The number of benzene rings is 1. The summed E-state index contributed by atoms with van der Waals surface area (Å²) in [5, 5.41) is 2.77. The van der Waals surface area contributed by atoms with Crippen LogP contribution in [0, 0.1) is 5.92 Å². The van der Waals surface area contributed by atoms with Crippen molar-refractivity contribution in [1.29, 1.82) is 0 Å². The van der Waals surface area contributed by atoms with Crippen molar-refractivity contribution >= 4 is 21.6 Å². The van der Waals surface area contributed by atoms with E-state index in [0.717, 1.165) is 19.3 Å². The molecule has 6 heteroatoms. The molecule has 1 N–H and O–H groups in total. The molecule has 0 aromatic heterocycles. The molecule has 23 heavy (non-hydrogen) atoms. The number of carbonyl (C=O) groups excluding carboxylic acids is 1. The molecule has 1 amide bonds. The second kappa shape index (κ2) is 7.01. The maximum atomic E-state index is 12.9. The Bertz CT molecular complexity index is 643. The van der Waals surface area contributed by atoms with Crippen LogP contribution in [0.15, 0.2) is 29.2 Å². The summed E-state index contributed by atoms with van der Waals surface area (Å²) in [5.41, 5.74) is 0.613. The predicted molar refractivity (Wildman–Crippen MR) is 91.7 cm³/mol. The number of nitrogens with one attached hydrogen (secondary N) is 1. The monoisotopic (exact) mass is 338 g/mol. The first-order valence-electron chi connectivity index (χ1n) is 8.18. The average Bonchev–Trinajstić information content (AvgIpc) is 2.47. The topological polar surface area (TPSA) is 66.5 Å². The number of amides is 1. The van der Waals surface area contributed by atoms with Gasteiger partial charge in [0, 0.05) is 23.7 Å². The Kier molecular flexibility index (Phi) is 5.47. The third-order valence-electron chi connectivity index (χ3n) is 4.33. The van der Waals surface area contributed by atoms with Crippen LogP contribution in [0.25, 0.3) is 0 Å². The molecule has 5 nitrogen and oxygen atoms in total. The lowest BCUT2D eigenvalue weighted by molar-refractivity contribution is -0.118. The van der Waals surface area contributed by atoms with E-state index in [2.05, 4.69) is 5.32 Å². The summed E-state index contributed by atoms with van der Waals surface area (Å²) in [6.07, 6.45) is 2.85. The van der Waals surface area contributed by atoms with Gasteiger partial charge in [0.15, 0.2) is 0 Å². The zero-order valence-electron chi connectivity index (χ0n) is 14.2. The summed E-state index contributed by atoms with van der Waals surface area (Å²) in [7, 11) is -3.50. The molecule has 1 saturated heterocycles. The van der Waals surface area contributed by atoms with E-state index in [1.165, 1.54) is 0 Å². The highest BCUT2D eigenvalue weighted by Crippen LogP contribution is 2.29. The van der Waals surface area contributed by atoms with Gasteiger partial charge in [-0.3, -0.25) is 4.79 Å². The number of hydrogen-bond acceptors (Lipinski definition) is 3. The average molecular weight is 338 g/mol. The molecule has 1 heterocycles. The summed E-state index contributed by atoms with van der Waals surface area (Å²) in [5.74, 6) is -0.202. The van der Waals surface area contributed by atoms with E-state index in [9.17, 15) is 13.2 Å². The molecule has 0 saturated carbocycles. The third-order valence-corrected chi connectivity index (χ3v) is 6.48. The molecule has 0 spiro atoms. The van der Waals surface area contributed by atoms with Crippen LogP contribution in [0.5, 0.6) is 0 Å². The van der Waals surface area contributed by atoms with Gasteiger partial charge in [-0.2, -0.15) is 4.31 Å². The standard InChI is InChI=1S/C17H26N2O3S/c1-12(2)17(20)18-15-8-10-16(11-9-15)23(21,22)19-13(3)6-5-7-14(19)4/h8-14H,5-7H2,1-4H3,(H,18,20)/t13-,14-/m1/s1. The van der Waals surface area contributed by atoms with E-state index < -0.39 is 10.0 Å². The van der Waals surface area contributed by atoms with E-state index in [1.54, 1.807) is 28.6 Å². The van der Waals surface area contributed by atoms with Crippen LogP contribution >= 0.6 is 0 Å². The van der Waals surface area contributed by atoms with Crippen LogP contribution in [0.4, 0.5) is 5.69 Å². The zero-order chi connectivity index (χ0) is 17.2. The first-order chi connectivity index (χ1) is 10.7. The van der Waals surface area contributed by atoms with Crippen molar-refractivity contribution in [1.82, 2.24) is 4.31 Å². The van der Waals surface area contributed by atoms with E-state index in [-0.39, 0.29) is 28.8 Å². The summed E-state index contributed by atoms with van der Waals surface area (Å²) >= 11 is 0. The number of piperidine rings is 1. The van der Waals surface area contributed by atoms with Crippen LogP contribution in [-0.4, -0.2) is 30.7 Å². The van der Waals surface area contributed by atoms with Gasteiger partial charge in [-0.25, -0.2) is 8.42 Å². The van der Waals surface area contributed by atoms with Crippen molar-refractivity contribution in [2.75, 3.05) is 5.32 Å². The SMILES string of the molecule is CC(C)C(=O)Nc1ccc(S(=O)(=O)N2[C@H](C)CCC[C@H]2C)cc1. The van der Waals surface area contributed by atoms with Gasteiger partial charge in [-0.15, -0.1) is 0 Å². The maximum Gasteiger partial charge on any atom is 0.243 e. The number of carbonyl (C=O) groups is 1. The smallest absolute Gasteiger partial charge is 0.243 e. The molecule has 0 radical (unpaired) electrons. The number of sulfonamides is 1. The van der Waals surface area contributed by atoms with Crippen molar-refractivity contribution in [2.45, 2.75) is 63.9 Å². The lowest BCUT2D eigenvalue weighted by Crippen LogP contribution is -2.47. The lowest BCUT2D eigenvalue weighted by atomic mass is 10.0. The van der Waals surface area contributed by atoms with E-state index >= 15 is 0 Å². The Morgan fingerprint density at radius 2 is 1.65 bits per heavy atom. The number of hydrogen-bond donors (Lipinski definition) is 1. The van der Waals surface area contributed by atoms with Crippen molar-refractivity contribution in [3.8, 4) is 0 Å². The fourth-order valence-electron chi connectivity index (χ4n) is 2.99. The third kappa shape index (κ3) is 3.93. The van der Waals surface area contributed by atoms with Crippen molar-refractivity contribution in [3.63, 3.8) is 0 Å². The number of nitrogens with zero attached hydrogens (tertiary/aromatic N) is 1. The number of anilines is 1. The van der Waals surface area contributed by atoms with Crippen LogP contribution in [0.1, 0.15) is 47.0 Å². The molecule has 1 fully saturated rings. The highest BCUT2D eigenvalue weighted by Gasteiger charge is 2.35. The summed E-state index contributed by atoms with van der Waals surface area (Å²) in [4.78, 5) is 12.0. The highest BCUT2D eigenvalue weighted by atomic mass is 32.2. The van der Waals surface area contributed by atoms with Crippen molar-refractivity contribution in [2.24, 2.45) is 5.92 Å². The summed E-state index contributed by atoms with van der Waals surface area (Å²) in [6, 6.07) is 6.46. The maximum absolute atomic E-state index is 12.9. The van der Waals surface area contributed by atoms with Crippen LogP contribution in [0.3, 0.4) is 0 Å². The van der Waals surface area contributed by atoms with Gasteiger partial charge < -0.3 is 5.32 Å². The van der Waals surface area contributed by atoms with Gasteiger partial charge >= 0.3 is 0 Å². The fourth-order valence-corrected chi connectivity index (χ4v) is 4.87. The Balaban J connectivity index is 2.22. The molecule has 2 atom stereocenters. The Morgan fingerprint density at radius 3 is 2.13 bits per heavy atom. The van der Waals surface area contributed by atoms with Gasteiger partial charge in [0.25, 0.3) is 0 Å². The zero-order valence-corrected chi connectivity index (χ0v) is 15.1. The second-order valence-electron chi connectivity index (χ2n) is 6.63. The van der Waals surface area contributed by atoms with Gasteiger partial charge in [0.1, 0.15) is 0 Å². The van der Waals surface area contributed by atoms with E-state index in [0.29, 0.717) is 5.69 Å². The normalized spacial score (nSPS) is 23.0. The van der Waals surface area contributed by atoms with Gasteiger partial charge in [-0.05, 0) is 51.0 Å². The molecule has 0 bridgehead atoms. The van der Waals surface area contributed by atoms with Gasteiger partial charge in [-0.1, -0.05) is 20.3 Å². The molecule has 2 rings (SSSR count). The largest absolute Gasteiger partial charge is 0.326 e. The first-order valence-corrected chi connectivity index (χ1v) is 9.62. The van der Waals surface area contributed by atoms with Crippen LogP contribution < -0.4 is 5.32 Å². The molecule has 0 aliphatic carbocycles. The lowest BCUT2D eigenvalue weighted by Gasteiger charge is -2.37. The minimum absolute atomic E-state index is 0.0177. The summed E-state index contributed by atoms with van der Waals surface area (Å²) in [6.45, 7) is 7.55. The molecule has 1 aromatic rings. The molecular weight excluding hydrogens is 312 g/mol. The molecule has 0 unspecified atom stereocenters. The molecule has 1 aliphatic heterocycles. The van der Waals surface area contributed by atoms with Crippen LogP contribution in [-0.2, 0) is 14.8 Å². The number of rotatable bonds is 4. The Hall–Kier alpha value is -1.40. The quantitative estimate of drug-likeness (QED) is 0.916. The van der Waals surface area contributed by atoms with Gasteiger partial charge in [0.05, 0.1) is 4.90 Å². The summed E-state index contributed by atoms with van der Waals surface area (Å²) < 4.78 is 27.4. The van der Waals surface area contributed by atoms with Crippen molar-refractivity contribution in [3.05, 3.63) is 24.3 Å². The molecule has 128 valence electrons. The van der Waals surface area contributed by atoms with E-state index in [1.807, 2.05) is 27.7 Å². The predicted octanol–water partition coefficient (Wildman–Crippen LogP) is 3.23. The van der Waals surface area contributed by atoms with Crippen LogP contribution in [0.2, 0.25) is 0 Å². The Labute approximate surface area is 139 Å². The minimum Gasteiger partial charge on any atom is -0.326 e. The molecular formula is C17H26N2O3S. The highest BCUT2D eigenvalue weighted by molar-refractivity contribution is 7.89. The fraction of sp³-hybridized carbons (Fsp3) is 0.588. The minimum atomic E-state index is -3.50. The molecule has 1 aliphatic rings. The van der Waals surface area contributed by atoms with Gasteiger partial charge in [0.2, 0.25) is 15.9 Å². The molecule has 1 aromatic carbocycles.